The third-order valence-corrected chi connectivity index (χ3v) is 5.65. The van der Waals surface area contributed by atoms with Crippen LogP contribution in [-0.2, 0) is 6.54 Å². The molecule has 0 spiro atoms. The first-order valence-electron chi connectivity index (χ1n) is 11.3. The highest BCUT2D eigenvalue weighted by molar-refractivity contribution is 5.79. The number of guanidine groups is 1. The Morgan fingerprint density at radius 2 is 1.79 bits per heavy atom. The fourth-order valence-corrected chi connectivity index (χ4v) is 4.06. The summed E-state index contributed by atoms with van der Waals surface area (Å²) in [6.45, 7) is 10.6. The molecule has 0 amide bonds. The summed E-state index contributed by atoms with van der Waals surface area (Å²) >= 11 is 0. The van der Waals surface area contributed by atoms with Crippen molar-refractivity contribution in [3.8, 4) is 0 Å². The van der Waals surface area contributed by atoms with Gasteiger partial charge in [0.25, 0.3) is 0 Å². The number of hydrogen-bond donors (Lipinski definition) is 2. The van der Waals surface area contributed by atoms with Crippen molar-refractivity contribution in [3.05, 3.63) is 23.9 Å². The lowest BCUT2D eigenvalue weighted by Gasteiger charge is -2.20. The second-order valence-corrected chi connectivity index (χ2v) is 7.95. The van der Waals surface area contributed by atoms with Crippen molar-refractivity contribution in [2.75, 3.05) is 50.7 Å². The van der Waals surface area contributed by atoms with Crippen LogP contribution in [0.4, 0.5) is 5.82 Å². The predicted octanol–water partition coefficient (Wildman–Crippen LogP) is 3.00. The molecule has 6 nitrogen and oxygen atoms in total. The van der Waals surface area contributed by atoms with Gasteiger partial charge >= 0.3 is 0 Å². The van der Waals surface area contributed by atoms with Crippen molar-refractivity contribution in [2.24, 2.45) is 4.99 Å². The van der Waals surface area contributed by atoms with Crippen molar-refractivity contribution in [1.82, 2.24) is 20.5 Å². The zero-order valence-corrected chi connectivity index (χ0v) is 17.6. The van der Waals surface area contributed by atoms with E-state index in [1.807, 2.05) is 6.20 Å². The molecule has 1 aromatic rings. The van der Waals surface area contributed by atoms with Crippen molar-refractivity contribution in [2.45, 2.75) is 58.4 Å². The van der Waals surface area contributed by atoms with E-state index in [0.29, 0.717) is 6.54 Å². The normalized spacial score (nSPS) is 18.9. The van der Waals surface area contributed by atoms with Crippen LogP contribution in [0, 0.1) is 0 Å². The van der Waals surface area contributed by atoms with Crippen molar-refractivity contribution in [1.29, 1.82) is 0 Å². The first-order valence-corrected chi connectivity index (χ1v) is 11.3. The van der Waals surface area contributed by atoms with Gasteiger partial charge in [-0.05, 0) is 76.4 Å². The number of likely N-dealkylation sites (tertiary alicyclic amines) is 1. The van der Waals surface area contributed by atoms with Gasteiger partial charge in [-0.1, -0.05) is 12.8 Å². The Labute approximate surface area is 170 Å². The van der Waals surface area contributed by atoms with Crippen LogP contribution in [0.5, 0.6) is 0 Å². The minimum atomic E-state index is 0.685. The van der Waals surface area contributed by atoms with Gasteiger partial charge in [-0.3, -0.25) is 0 Å². The van der Waals surface area contributed by atoms with Gasteiger partial charge in [0.05, 0.1) is 6.54 Å². The zero-order chi connectivity index (χ0) is 19.4. The van der Waals surface area contributed by atoms with Gasteiger partial charge in [-0.15, -0.1) is 0 Å². The Hall–Kier alpha value is -1.82. The molecule has 0 aromatic carbocycles. The predicted molar refractivity (Wildman–Crippen MR) is 118 cm³/mol. The first-order chi connectivity index (χ1) is 13.8. The summed E-state index contributed by atoms with van der Waals surface area (Å²) in [5.41, 5.74) is 1.22. The Bertz CT molecular complexity index is 588. The molecule has 3 rings (SSSR count). The van der Waals surface area contributed by atoms with Crippen molar-refractivity contribution in [3.63, 3.8) is 0 Å². The van der Waals surface area contributed by atoms with Crippen LogP contribution in [0.25, 0.3) is 0 Å². The van der Waals surface area contributed by atoms with Crippen molar-refractivity contribution >= 4 is 11.8 Å². The molecule has 0 atom stereocenters. The Morgan fingerprint density at radius 3 is 2.54 bits per heavy atom. The molecule has 2 aliphatic heterocycles. The molecule has 0 unspecified atom stereocenters. The van der Waals surface area contributed by atoms with Crippen LogP contribution in [-0.4, -0.2) is 61.7 Å². The lowest BCUT2D eigenvalue weighted by Crippen LogP contribution is -2.39. The summed E-state index contributed by atoms with van der Waals surface area (Å²) < 4.78 is 0. The molecule has 156 valence electrons. The third kappa shape index (κ3) is 6.97. The Balaban J connectivity index is 1.45. The second kappa shape index (κ2) is 11.9. The molecule has 6 heteroatoms. The molecule has 0 aliphatic carbocycles. The average Bonchev–Trinajstić information content (AvgIpc) is 3.14. The maximum atomic E-state index is 4.79. The molecule has 1 aromatic heterocycles. The molecule has 2 aliphatic rings. The van der Waals surface area contributed by atoms with Gasteiger partial charge < -0.3 is 20.4 Å². The molecule has 2 saturated heterocycles. The number of hydrogen-bond acceptors (Lipinski definition) is 4. The second-order valence-electron chi connectivity index (χ2n) is 7.95. The summed E-state index contributed by atoms with van der Waals surface area (Å²) in [4.78, 5) is 14.3. The minimum absolute atomic E-state index is 0.685. The number of aromatic nitrogens is 1. The van der Waals surface area contributed by atoms with E-state index in [1.54, 1.807) is 0 Å². The molecule has 3 heterocycles. The number of nitrogens with one attached hydrogen (secondary N) is 2. The highest BCUT2D eigenvalue weighted by atomic mass is 15.2. The van der Waals surface area contributed by atoms with E-state index in [4.69, 9.17) is 4.99 Å². The van der Waals surface area contributed by atoms with Crippen LogP contribution in [0.2, 0.25) is 0 Å². The average molecular weight is 387 g/mol. The maximum Gasteiger partial charge on any atom is 0.191 e. The third-order valence-electron chi connectivity index (χ3n) is 5.65. The summed E-state index contributed by atoms with van der Waals surface area (Å²) in [7, 11) is 0. The van der Waals surface area contributed by atoms with E-state index in [9.17, 15) is 0 Å². The van der Waals surface area contributed by atoms with Crippen LogP contribution >= 0.6 is 0 Å². The van der Waals surface area contributed by atoms with E-state index >= 15 is 0 Å². The molecule has 0 saturated carbocycles. The maximum absolute atomic E-state index is 4.79. The summed E-state index contributed by atoms with van der Waals surface area (Å²) in [6.07, 6.45) is 11.2. The van der Waals surface area contributed by atoms with Gasteiger partial charge in [-0.25, -0.2) is 9.98 Å². The smallest absolute Gasteiger partial charge is 0.191 e. The van der Waals surface area contributed by atoms with E-state index in [-0.39, 0.29) is 0 Å². The first kappa shape index (κ1) is 20.9. The summed E-state index contributed by atoms with van der Waals surface area (Å²) in [6, 6.07) is 4.27. The zero-order valence-electron chi connectivity index (χ0n) is 17.6. The van der Waals surface area contributed by atoms with Gasteiger partial charge in [0, 0.05) is 32.4 Å². The Kier molecular flexibility index (Phi) is 8.88. The fourth-order valence-electron chi connectivity index (χ4n) is 4.06. The minimum Gasteiger partial charge on any atom is -0.357 e. The highest BCUT2D eigenvalue weighted by Crippen LogP contribution is 2.18. The SMILES string of the molecule is CCNC(=NCc1ccnc(N2CCCC2)c1)NCCCN1CCCCCC1. The number of anilines is 1. The van der Waals surface area contributed by atoms with Gasteiger partial charge in [-0.2, -0.15) is 0 Å². The highest BCUT2D eigenvalue weighted by Gasteiger charge is 2.13. The molecular weight excluding hydrogens is 348 g/mol. The topological polar surface area (TPSA) is 55.8 Å². The van der Waals surface area contributed by atoms with Gasteiger partial charge in [0.1, 0.15) is 5.82 Å². The summed E-state index contributed by atoms with van der Waals surface area (Å²) in [5, 5.41) is 6.87. The van der Waals surface area contributed by atoms with E-state index in [0.717, 1.165) is 38.0 Å². The fraction of sp³-hybridized carbons (Fsp3) is 0.727. The van der Waals surface area contributed by atoms with E-state index in [2.05, 4.69) is 44.5 Å². The van der Waals surface area contributed by atoms with Crippen molar-refractivity contribution < 1.29 is 0 Å². The van der Waals surface area contributed by atoms with E-state index < -0.39 is 0 Å². The van der Waals surface area contributed by atoms with Crippen LogP contribution in [0.15, 0.2) is 23.3 Å². The molecule has 0 radical (unpaired) electrons. The molecular formula is C22H38N6. The number of pyridine rings is 1. The van der Waals surface area contributed by atoms with Crippen LogP contribution in [0.1, 0.15) is 57.4 Å². The van der Waals surface area contributed by atoms with Gasteiger partial charge in [0.15, 0.2) is 5.96 Å². The number of nitrogens with zero attached hydrogens (tertiary/aromatic N) is 4. The molecule has 2 fully saturated rings. The summed E-state index contributed by atoms with van der Waals surface area (Å²) in [5.74, 6) is 2.01. The Morgan fingerprint density at radius 1 is 1.04 bits per heavy atom. The quantitative estimate of drug-likeness (QED) is 0.409. The van der Waals surface area contributed by atoms with Crippen LogP contribution in [0.3, 0.4) is 0 Å². The standard InChI is InChI=1S/C22H38N6/c1-2-23-22(25-11-9-15-27-13-5-3-4-6-14-27)26-19-20-10-12-24-21(18-20)28-16-7-8-17-28/h10,12,18H,2-9,11,13-17,19H2,1H3,(H2,23,25,26). The number of aliphatic imine (C=N–C) groups is 1. The van der Waals surface area contributed by atoms with Gasteiger partial charge in [0.2, 0.25) is 0 Å². The molecule has 28 heavy (non-hydrogen) atoms. The lowest BCUT2D eigenvalue weighted by atomic mass is 10.2. The lowest BCUT2D eigenvalue weighted by molar-refractivity contribution is 0.282. The largest absolute Gasteiger partial charge is 0.357 e. The van der Waals surface area contributed by atoms with Crippen LogP contribution < -0.4 is 15.5 Å². The monoisotopic (exact) mass is 386 g/mol. The van der Waals surface area contributed by atoms with E-state index in [1.165, 1.54) is 70.1 Å². The molecule has 2 N–H and O–H groups in total. The molecule has 0 bridgehead atoms. The number of rotatable bonds is 8.